The van der Waals surface area contributed by atoms with Crippen molar-refractivity contribution >= 4 is 24.6 Å². The largest absolute Gasteiger partial charge is 0.449 e. The summed E-state index contributed by atoms with van der Waals surface area (Å²) in [5.74, 6) is -1.82. The molecular weight excluding hydrogens is 470 g/mol. The highest BCUT2D eigenvalue weighted by Crippen LogP contribution is 2.39. The number of amides is 2. The van der Waals surface area contributed by atoms with Crippen molar-refractivity contribution < 1.29 is 31.9 Å². The molecule has 0 aromatic carbocycles. The number of nitrogens with one attached hydrogen (secondary N) is 1. The van der Waals surface area contributed by atoms with Gasteiger partial charge in [-0.3, -0.25) is 19.7 Å². The van der Waals surface area contributed by atoms with Gasteiger partial charge in [-0.15, -0.1) is 0 Å². The molecule has 0 aromatic rings. The van der Waals surface area contributed by atoms with Gasteiger partial charge in [-0.25, -0.2) is 9.18 Å². The molecule has 2 rings (SSSR count). The van der Waals surface area contributed by atoms with Crippen LogP contribution in [0.15, 0.2) is 21.8 Å². The monoisotopic (exact) mass is 505 g/mol. The minimum Gasteiger partial charge on any atom is -0.444 e. The molecule has 1 aliphatic carbocycles. The quantitative estimate of drug-likeness (QED) is 0.245. The van der Waals surface area contributed by atoms with E-state index < -0.39 is 54.0 Å². The molecule has 1 saturated carbocycles. The van der Waals surface area contributed by atoms with Crippen LogP contribution >= 0.6 is 0 Å². The van der Waals surface area contributed by atoms with Gasteiger partial charge in [0.2, 0.25) is 11.7 Å². The average Bonchev–Trinajstić information content (AvgIpc) is 3.50. The number of carbonyl (C=O) groups excluding carboxylic acids is 2. The van der Waals surface area contributed by atoms with E-state index in [4.69, 9.17) is 4.74 Å². The number of rotatable bonds is 7. The van der Waals surface area contributed by atoms with Crippen LogP contribution < -0.4 is 5.32 Å². The maximum Gasteiger partial charge on any atom is 0.449 e. The fourth-order valence-corrected chi connectivity index (χ4v) is 4.12. The lowest BCUT2D eigenvalue weighted by molar-refractivity contribution is -0.127. The van der Waals surface area contributed by atoms with E-state index in [2.05, 4.69) is 22.0 Å². The van der Waals surface area contributed by atoms with E-state index in [1.54, 1.807) is 20.8 Å². The van der Waals surface area contributed by atoms with Gasteiger partial charge in [-0.1, -0.05) is 0 Å². The summed E-state index contributed by atoms with van der Waals surface area (Å²) in [5, 5.41) is 2.59. The Bertz CT molecular complexity index is 864. The number of amidine groups is 1. The Labute approximate surface area is 203 Å². The Morgan fingerprint density at radius 2 is 1.89 bits per heavy atom. The van der Waals surface area contributed by atoms with Crippen molar-refractivity contribution in [3.63, 3.8) is 0 Å². The second kappa shape index (κ2) is 10.9. The summed E-state index contributed by atoms with van der Waals surface area (Å²) in [6, 6.07) is -2.18. The lowest BCUT2D eigenvalue weighted by atomic mass is 10.1. The van der Waals surface area contributed by atoms with Crippen molar-refractivity contribution in [3.8, 4) is 0 Å². The first-order chi connectivity index (χ1) is 16.1. The van der Waals surface area contributed by atoms with E-state index in [9.17, 15) is 27.2 Å². The number of carbonyl (C=O) groups is 2. The summed E-state index contributed by atoms with van der Waals surface area (Å²) in [5.41, 5.74) is -0.141. The van der Waals surface area contributed by atoms with Crippen LogP contribution in [0.25, 0.3) is 0 Å². The van der Waals surface area contributed by atoms with Crippen molar-refractivity contribution in [2.75, 3.05) is 14.1 Å². The topological polar surface area (TPSA) is 86.6 Å². The van der Waals surface area contributed by atoms with E-state index in [1.807, 2.05) is 0 Å². The maximum atomic E-state index is 14.6. The third kappa shape index (κ3) is 7.41. The molecule has 1 unspecified atom stereocenters. The van der Waals surface area contributed by atoms with Crippen LogP contribution in [0.1, 0.15) is 53.4 Å². The zero-order valence-corrected chi connectivity index (χ0v) is 21.0. The highest BCUT2D eigenvalue weighted by Gasteiger charge is 2.48. The SMILES string of the molecule is C=N/C=C(\CC(NC(=O)[C@@H]1C[C@@H](F)[C@H](C)N1C(=O)OC(C)(C)C)N(C)C(=NC)C(F)(F)F)C1CC1. The predicted molar refractivity (Wildman–Crippen MR) is 125 cm³/mol. The number of hydrogen-bond donors (Lipinski definition) is 1. The molecule has 2 aliphatic rings. The van der Waals surface area contributed by atoms with E-state index in [1.165, 1.54) is 20.2 Å². The van der Waals surface area contributed by atoms with Gasteiger partial charge in [0, 0.05) is 33.1 Å². The van der Waals surface area contributed by atoms with Gasteiger partial charge >= 0.3 is 12.3 Å². The van der Waals surface area contributed by atoms with Crippen LogP contribution in [0.2, 0.25) is 0 Å². The number of alkyl halides is 4. The smallest absolute Gasteiger partial charge is 0.444 e. The summed E-state index contributed by atoms with van der Waals surface area (Å²) in [6.07, 6.45) is -5.37. The van der Waals surface area contributed by atoms with Crippen LogP contribution in [0.3, 0.4) is 0 Å². The maximum absolute atomic E-state index is 14.6. The van der Waals surface area contributed by atoms with Gasteiger partial charge in [-0.2, -0.15) is 13.2 Å². The van der Waals surface area contributed by atoms with Gasteiger partial charge in [0.1, 0.15) is 24.0 Å². The molecule has 2 fully saturated rings. The molecule has 0 spiro atoms. The lowest BCUT2D eigenvalue weighted by Crippen LogP contribution is -2.57. The Hall–Kier alpha value is -2.66. The molecular formula is C23H35F4N5O3. The predicted octanol–water partition coefficient (Wildman–Crippen LogP) is 4.07. The zero-order chi connectivity index (χ0) is 26.7. The first-order valence-corrected chi connectivity index (χ1v) is 11.5. The Morgan fingerprint density at radius 1 is 1.29 bits per heavy atom. The van der Waals surface area contributed by atoms with Crippen LogP contribution in [-0.4, -0.2) is 84.6 Å². The van der Waals surface area contributed by atoms with E-state index in [-0.39, 0.29) is 18.8 Å². The molecule has 35 heavy (non-hydrogen) atoms. The van der Waals surface area contributed by atoms with Crippen molar-refractivity contribution in [1.29, 1.82) is 0 Å². The van der Waals surface area contributed by atoms with Crippen LogP contribution in [0.4, 0.5) is 22.4 Å². The molecule has 0 radical (unpaired) electrons. The average molecular weight is 506 g/mol. The molecule has 1 N–H and O–H groups in total. The van der Waals surface area contributed by atoms with E-state index >= 15 is 0 Å². The van der Waals surface area contributed by atoms with E-state index in [0.29, 0.717) is 0 Å². The molecule has 12 heteroatoms. The molecule has 4 atom stereocenters. The van der Waals surface area contributed by atoms with Gasteiger partial charge in [-0.05, 0) is 58.7 Å². The number of nitrogens with zero attached hydrogens (tertiary/aromatic N) is 4. The fourth-order valence-electron chi connectivity index (χ4n) is 4.12. The van der Waals surface area contributed by atoms with Gasteiger partial charge in [0.05, 0.1) is 6.04 Å². The zero-order valence-electron chi connectivity index (χ0n) is 21.0. The van der Waals surface area contributed by atoms with Gasteiger partial charge < -0.3 is 15.0 Å². The highest BCUT2D eigenvalue weighted by molar-refractivity contribution is 5.89. The summed E-state index contributed by atoms with van der Waals surface area (Å²) in [4.78, 5) is 35.0. The van der Waals surface area contributed by atoms with Crippen LogP contribution in [0.5, 0.6) is 0 Å². The Kier molecular flexibility index (Phi) is 8.94. The Morgan fingerprint density at radius 3 is 2.34 bits per heavy atom. The number of likely N-dealkylation sites (tertiary alicyclic amines) is 1. The second-order valence-electron chi connectivity index (χ2n) is 9.94. The van der Waals surface area contributed by atoms with Crippen molar-refractivity contribution in [3.05, 3.63) is 11.8 Å². The minimum absolute atomic E-state index is 0.0226. The van der Waals surface area contributed by atoms with Crippen molar-refractivity contribution in [2.45, 2.75) is 89.6 Å². The summed E-state index contributed by atoms with van der Waals surface area (Å²) in [6.45, 7) is 9.80. The Balaban J connectivity index is 2.34. The summed E-state index contributed by atoms with van der Waals surface area (Å²) >= 11 is 0. The van der Waals surface area contributed by atoms with Gasteiger partial charge in [0.25, 0.3) is 0 Å². The molecule has 1 heterocycles. The first kappa shape index (κ1) is 28.6. The highest BCUT2D eigenvalue weighted by atomic mass is 19.4. The van der Waals surface area contributed by atoms with Crippen molar-refractivity contribution in [1.82, 2.24) is 15.1 Å². The normalized spacial score (nSPS) is 24.7. The molecule has 8 nitrogen and oxygen atoms in total. The molecule has 2 amide bonds. The van der Waals surface area contributed by atoms with E-state index in [0.717, 1.165) is 35.3 Å². The molecule has 0 bridgehead atoms. The van der Waals surface area contributed by atoms with Crippen LogP contribution in [-0.2, 0) is 9.53 Å². The third-order valence-electron chi connectivity index (χ3n) is 6.02. The fraction of sp³-hybridized carbons (Fsp3) is 0.739. The molecule has 1 aliphatic heterocycles. The first-order valence-electron chi connectivity index (χ1n) is 11.5. The minimum atomic E-state index is -4.76. The molecule has 198 valence electrons. The van der Waals surface area contributed by atoms with Crippen molar-refractivity contribution in [2.24, 2.45) is 15.9 Å². The standard InChI is InChI=1S/C23H35F4N5O3/c1-13-16(24)11-17(32(13)21(34)35-22(2,3)4)19(33)30-18(10-15(12-28-5)14-8-9-14)31(7)20(29-6)23(25,26)27/h12-14,16-18H,5,8-11H2,1-4,6-7H3,(H,30,33)/b15-12+,29-20?/t13-,16+,17-,18?/m0/s1. The number of aliphatic imine (C=N–C) groups is 2. The molecule has 1 saturated heterocycles. The molecule has 0 aromatic heterocycles. The third-order valence-corrected chi connectivity index (χ3v) is 6.02. The summed E-state index contributed by atoms with van der Waals surface area (Å²) in [7, 11) is 2.19. The summed E-state index contributed by atoms with van der Waals surface area (Å²) < 4.78 is 60.8. The number of hydrogen-bond acceptors (Lipinski definition) is 5. The number of halogens is 4. The second-order valence-corrected chi connectivity index (χ2v) is 9.94. The lowest BCUT2D eigenvalue weighted by Gasteiger charge is -2.35. The number of ether oxygens (including phenoxy) is 1. The van der Waals surface area contributed by atoms with Gasteiger partial charge in [0.15, 0.2) is 0 Å². The van der Waals surface area contributed by atoms with Crippen LogP contribution in [0, 0.1) is 5.92 Å².